The Labute approximate surface area is 51.9 Å². The van der Waals surface area contributed by atoms with Gasteiger partial charge in [0.2, 0.25) is 0 Å². The molecule has 0 rings (SSSR count). The van der Waals surface area contributed by atoms with Crippen molar-refractivity contribution in [2.24, 2.45) is 0 Å². The van der Waals surface area contributed by atoms with E-state index >= 15 is 0 Å². The van der Waals surface area contributed by atoms with Crippen LogP contribution in [0.15, 0.2) is 0 Å². The normalized spacial score (nSPS) is 3.60. The van der Waals surface area contributed by atoms with Crippen molar-refractivity contribution >= 4 is 0 Å². The van der Waals surface area contributed by atoms with Crippen molar-refractivity contribution in [2.75, 3.05) is 0 Å². The maximum Gasteiger partial charge on any atom is 0 e. The maximum atomic E-state index is 6.62. The summed E-state index contributed by atoms with van der Waals surface area (Å²) < 4.78 is 0. The van der Waals surface area contributed by atoms with Crippen LogP contribution in [-0.4, -0.2) is 10.5 Å². The van der Waals surface area contributed by atoms with Crippen LogP contribution in [-0.2, 0) is 41.0 Å². The second-order valence-electron chi connectivity index (χ2n) is 0.0816. The second kappa shape index (κ2) is 20.0. The molecular formula is H2NiO3Zn. The molecule has 0 spiro atoms. The Kier molecular flexibility index (Phi) is 66.7. The summed E-state index contributed by atoms with van der Waals surface area (Å²) in [6, 6.07) is 0. The zero-order chi connectivity index (χ0) is 2.71. The molecule has 2 N–H and O–H groups in total. The van der Waals surface area contributed by atoms with E-state index in [2.05, 4.69) is 5.04 Å². The van der Waals surface area contributed by atoms with Crippen LogP contribution in [0.3, 0.4) is 0 Å². The third-order valence-corrected chi connectivity index (χ3v) is 0. The molecular weight excluding hydrogens is 172 g/mol. The minimum atomic E-state index is 0. The van der Waals surface area contributed by atoms with Crippen molar-refractivity contribution < 1.29 is 51.5 Å². The zero-order valence-electron chi connectivity index (χ0n) is 2.33. The summed E-state index contributed by atoms with van der Waals surface area (Å²) in [4.78, 5) is 0. The monoisotopic (exact) mass is 172 g/mol. The molecule has 0 heterocycles. The standard InChI is InChI=1S/Ni.H2O3.Zn/c;1-3-2;/h;1-2H;. The molecule has 0 aromatic rings. The van der Waals surface area contributed by atoms with Gasteiger partial charge in [-0.05, 0) is 0 Å². The number of hydrogen-bond acceptors (Lipinski definition) is 3. The number of hydrogen-bond donors (Lipinski definition) is 2. The van der Waals surface area contributed by atoms with E-state index in [1.807, 2.05) is 0 Å². The molecule has 5 heteroatoms. The third-order valence-electron chi connectivity index (χ3n) is 0. The van der Waals surface area contributed by atoms with Gasteiger partial charge in [-0.15, -0.1) is 0 Å². The predicted molar refractivity (Wildman–Crippen MR) is 6.34 cm³/mol. The Morgan fingerprint density at radius 1 is 1.20 bits per heavy atom. The fraction of sp³-hybridized carbons (Fsp3) is 0. The van der Waals surface area contributed by atoms with Crippen LogP contribution < -0.4 is 0 Å². The summed E-state index contributed by atoms with van der Waals surface area (Å²) >= 11 is 0. The molecule has 0 amide bonds. The molecule has 3 nitrogen and oxygen atoms in total. The summed E-state index contributed by atoms with van der Waals surface area (Å²) in [5.74, 6) is 0. The Bertz CT molecular complexity index is 6.85. The fourth-order valence-electron chi connectivity index (χ4n) is 0. The number of rotatable bonds is 0. The first kappa shape index (κ1) is 16.7. The minimum Gasteiger partial charge on any atom is -0.221 e. The molecule has 0 unspecified atom stereocenters. The van der Waals surface area contributed by atoms with Crippen LogP contribution in [0.4, 0.5) is 0 Å². The maximum absolute atomic E-state index is 6.62. The van der Waals surface area contributed by atoms with Crippen LogP contribution in [0.5, 0.6) is 0 Å². The summed E-state index contributed by atoms with van der Waals surface area (Å²) in [7, 11) is 0. The molecule has 0 aromatic carbocycles. The molecule has 0 saturated heterocycles. The molecule has 0 aliphatic rings. The molecule has 0 atom stereocenters. The van der Waals surface area contributed by atoms with Crippen LogP contribution >= 0.6 is 0 Å². The fourth-order valence-corrected chi connectivity index (χ4v) is 0. The van der Waals surface area contributed by atoms with Gasteiger partial charge in [0.1, 0.15) is 0 Å². The van der Waals surface area contributed by atoms with Crippen LogP contribution in [0.1, 0.15) is 0 Å². The molecule has 32 valence electrons. The SMILES string of the molecule is OOO.[Ni].[Zn]. The van der Waals surface area contributed by atoms with Gasteiger partial charge in [-0.2, -0.15) is 0 Å². The zero-order valence-corrected chi connectivity index (χ0v) is 6.28. The Balaban J connectivity index is -0.0000000200. The molecule has 0 saturated carbocycles. The summed E-state index contributed by atoms with van der Waals surface area (Å²) in [5.41, 5.74) is 0. The van der Waals surface area contributed by atoms with E-state index in [4.69, 9.17) is 10.5 Å². The van der Waals surface area contributed by atoms with Crippen molar-refractivity contribution in [1.82, 2.24) is 0 Å². The summed E-state index contributed by atoms with van der Waals surface area (Å²) in [6.45, 7) is 0. The van der Waals surface area contributed by atoms with Gasteiger partial charge in [-0.25, -0.2) is 10.5 Å². The summed E-state index contributed by atoms with van der Waals surface area (Å²) in [6.07, 6.45) is 0. The van der Waals surface area contributed by atoms with Crippen molar-refractivity contribution in [3.8, 4) is 0 Å². The molecule has 0 aliphatic heterocycles. The average molecular weight is 174 g/mol. The predicted octanol–water partition coefficient (Wildman–Crippen LogP) is -0.0560. The van der Waals surface area contributed by atoms with E-state index in [9.17, 15) is 0 Å². The first-order valence-electron chi connectivity index (χ1n) is 0.365. The van der Waals surface area contributed by atoms with Gasteiger partial charge in [0, 0.05) is 36.0 Å². The van der Waals surface area contributed by atoms with E-state index < -0.39 is 0 Å². The van der Waals surface area contributed by atoms with Gasteiger partial charge in [-0.3, -0.25) is 0 Å². The first-order chi connectivity index (χ1) is 1.41. The molecule has 0 radical (unpaired) electrons. The van der Waals surface area contributed by atoms with Crippen molar-refractivity contribution in [3.05, 3.63) is 0 Å². The van der Waals surface area contributed by atoms with Crippen molar-refractivity contribution in [2.45, 2.75) is 0 Å². The van der Waals surface area contributed by atoms with Gasteiger partial charge in [0.05, 0.1) is 0 Å². The molecule has 0 bridgehead atoms. The Hall–Kier alpha value is 0.997. The largest absolute Gasteiger partial charge is 0.221 e. The summed E-state index contributed by atoms with van der Waals surface area (Å²) in [5, 5.41) is 15.5. The van der Waals surface area contributed by atoms with Crippen molar-refractivity contribution in [3.63, 3.8) is 0 Å². The van der Waals surface area contributed by atoms with E-state index in [-0.39, 0.29) is 36.0 Å². The van der Waals surface area contributed by atoms with E-state index in [1.54, 1.807) is 0 Å². The van der Waals surface area contributed by atoms with Crippen LogP contribution in [0.25, 0.3) is 0 Å². The minimum absolute atomic E-state index is 0. The Morgan fingerprint density at radius 2 is 1.20 bits per heavy atom. The van der Waals surface area contributed by atoms with Crippen LogP contribution in [0.2, 0.25) is 0 Å². The van der Waals surface area contributed by atoms with Gasteiger partial charge >= 0.3 is 0 Å². The van der Waals surface area contributed by atoms with E-state index in [0.717, 1.165) is 0 Å². The second-order valence-corrected chi connectivity index (χ2v) is 0.0816. The first-order valence-corrected chi connectivity index (χ1v) is 0.365. The third kappa shape index (κ3) is 45.2. The molecule has 5 heavy (non-hydrogen) atoms. The van der Waals surface area contributed by atoms with E-state index in [1.165, 1.54) is 0 Å². The van der Waals surface area contributed by atoms with Gasteiger partial charge in [0.15, 0.2) is 0 Å². The quantitative estimate of drug-likeness (QED) is 0.307. The molecule has 0 aliphatic carbocycles. The molecule has 0 fully saturated rings. The average Bonchev–Trinajstić information content (AvgIpc) is 0.918. The van der Waals surface area contributed by atoms with Gasteiger partial charge < -0.3 is 0 Å². The van der Waals surface area contributed by atoms with Gasteiger partial charge in [0.25, 0.3) is 0 Å². The van der Waals surface area contributed by atoms with Crippen LogP contribution in [0, 0.1) is 0 Å². The smallest absolute Gasteiger partial charge is 0 e. The topological polar surface area (TPSA) is 49.7 Å². The molecule has 0 aromatic heterocycles. The Morgan fingerprint density at radius 3 is 1.20 bits per heavy atom. The van der Waals surface area contributed by atoms with Gasteiger partial charge in [-0.1, -0.05) is 5.04 Å². The van der Waals surface area contributed by atoms with Crippen molar-refractivity contribution in [1.29, 1.82) is 0 Å². The van der Waals surface area contributed by atoms with E-state index in [0.29, 0.717) is 0 Å².